The number of carbonyl (C=O) groups is 3. The molecule has 220 valence electrons. The number of rotatable bonds is 5. The first-order chi connectivity index (χ1) is 20.4. The standard InChI is InChI=1S/C29H18Cl2F3N3O4S2/c30-16-6-4-14(5-7-16)21-22-23(26(40)37(25(22)39)19-10-8-17(31)9-11-19)42-27-24(21)43-28(41)36(27)13-20(38)35-18-3-1-2-15(12-18)29(32,33)34/h1-12,21-23H,13H2,(H,35,38). The van der Waals surface area contributed by atoms with Crippen molar-refractivity contribution in [2.24, 2.45) is 5.92 Å². The third kappa shape index (κ3) is 5.48. The summed E-state index contributed by atoms with van der Waals surface area (Å²) in [6, 6.07) is 17.2. The molecule has 3 atom stereocenters. The normalized spacial score (nSPS) is 19.7. The fourth-order valence-corrected chi connectivity index (χ4v) is 8.27. The number of thioether (sulfide) groups is 1. The number of hydrogen-bond donors (Lipinski definition) is 1. The summed E-state index contributed by atoms with van der Waals surface area (Å²) in [5, 5.41) is 2.73. The van der Waals surface area contributed by atoms with Gasteiger partial charge in [0.2, 0.25) is 17.7 Å². The van der Waals surface area contributed by atoms with Gasteiger partial charge in [-0.2, -0.15) is 13.2 Å². The molecule has 3 amide bonds. The van der Waals surface area contributed by atoms with Crippen LogP contribution in [0.4, 0.5) is 24.5 Å². The topological polar surface area (TPSA) is 88.5 Å². The maximum absolute atomic E-state index is 13.9. The van der Waals surface area contributed by atoms with Crippen LogP contribution in [0, 0.1) is 5.92 Å². The van der Waals surface area contributed by atoms with Gasteiger partial charge in [0.05, 0.1) is 22.2 Å². The molecule has 7 nitrogen and oxygen atoms in total. The summed E-state index contributed by atoms with van der Waals surface area (Å²) in [5.41, 5.74) is -0.0105. The lowest BCUT2D eigenvalue weighted by molar-refractivity contribution is -0.137. The van der Waals surface area contributed by atoms with Crippen LogP contribution in [0.5, 0.6) is 0 Å². The predicted octanol–water partition coefficient (Wildman–Crippen LogP) is 6.67. The van der Waals surface area contributed by atoms with Crippen molar-refractivity contribution in [3.63, 3.8) is 0 Å². The molecule has 1 aromatic heterocycles. The van der Waals surface area contributed by atoms with Crippen molar-refractivity contribution in [3.8, 4) is 0 Å². The van der Waals surface area contributed by atoms with E-state index in [0.717, 1.165) is 40.1 Å². The van der Waals surface area contributed by atoms with E-state index in [1.54, 1.807) is 48.5 Å². The molecule has 2 aliphatic rings. The number of nitrogens with one attached hydrogen (secondary N) is 1. The van der Waals surface area contributed by atoms with Crippen molar-refractivity contribution < 1.29 is 27.6 Å². The summed E-state index contributed by atoms with van der Waals surface area (Å²) in [6.07, 6.45) is -4.60. The summed E-state index contributed by atoms with van der Waals surface area (Å²) >= 11 is 14.0. The maximum atomic E-state index is 13.9. The molecular weight excluding hydrogens is 646 g/mol. The number of aromatic nitrogens is 1. The van der Waals surface area contributed by atoms with Gasteiger partial charge in [-0.3, -0.25) is 23.7 Å². The van der Waals surface area contributed by atoms with Gasteiger partial charge in [0.1, 0.15) is 11.8 Å². The lowest BCUT2D eigenvalue weighted by atomic mass is 9.83. The second-order valence-corrected chi connectivity index (χ2v) is 12.8. The summed E-state index contributed by atoms with van der Waals surface area (Å²) in [4.78, 5) is 54.9. The zero-order chi connectivity index (χ0) is 30.6. The third-order valence-electron chi connectivity index (χ3n) is 7.14. The predicted molar refractivity (Wildman–Crippen MR) is 159 cm³/mol. The number of imide groups is 1. The highest BCUT2D eigenvalue weighted by Gasteiger charge is 2.56. The van der Waals surface area contributed by atoms with E-state index < -0.39 is 58.0 Å². The Labute approximate surface area is 260 Å². The molecule has 14 heteroatoms. The van der Waals surface area contributed by atoms with Gasteiger partial charge in [0.15, 0.2) is 0 Å². The highest BCUT2D eigenvalue weighted by molar-refractivity contribution is 8.00. The maximum Gasteiger partial charge on any atom is 0.416 e. The smallest absolute Gasteiger partial charge is 0.325 e. The Balaban J connectivity index is 1.37. The number of halogens is 5. The monoisotopic (exact) mass is 663 g/mol. The number of hydrogen-bond acceptors (Lipinski definition) is 6. The van der Waals surface area contributed by atoms with E-state index in [9.17, 15) is 32.3 Å². The van der Waals surface area contributed by atoms with Crippen molar-refractivity contribution >= 4 is 75.4 Å². The Morgan fingerprint density at radius 3 is 2.21 bits per heavy atom. The molecule has 3 unspecified atom stereocenters. The lowest BCUT2D eigenvalue weighted by Crippen LogP contribution is -2.33. The number of amides is 3. The van der Waals surface area contributed by atoms with E-state index in [1.165, 1.54) is 16.7 Å². The van der Waals surface area contributed by atoms with Crippen molar-refractivity contribution in [3.05, 3.63) is 109 Å². The lowest BCUT2D eigenvalue weighted by Gasteiger charge is -2.30. The second-order valence-electron chi connectivity index (χ2n) is 9.83. The number of anilines is 2. The van der Waals surface area contributed by atoms with Gasteiger partial charge in [-0.05, 0) is 60.2 Å². The molecule has 0 saturated carbocycles. The quantitative estimate of drug-likeness (QED) is 0.241. The Kier molecular flexibility index (Phi) is 7.66. The summed E-state index contributed by atoms with van der Waals surface area (Å²) < 4.78 is 40.6. The highest BCUT2D eigenvalue weighted by atomic mass is 35.5. The van der Waals surface area contributed by atoms with E-state index in [4.69, 9.17) is 23.2 Å². The van der Waals surface area contributed by atoms with Crippen LogP contribution >= 0.6 is 46.3 Å². The van der Waals surface area contributed by atoms with Crippen LogP contribution in [0.25, 0.3) is 0 Å². The van der Waals surface area contributed by atoms with Crippen molar-refractivity contribution in [1.82, 2.24) is 4.57 Å². The van der Waals surface area contributed by atoms with Crippen LogP contribution < -0.4 is 15.1 Å². The van der Waals surface area contributed by atoms with Crippen LogP contribution in [0.15, 0.2) is 82.6 Å². The number of nitrogens with zero attached hydrogens (tertiary/aromatic N) is 2. The molecule has 3 aromatic carbocycles. The first-order valence-corrected chi connectivity index (χ1v) is 15.1. The molecule has 0 bridgehead atoms. The van der Waals surface area contributed by atoms with Crippen molar-refractivity contribution in [2.75, 3.05) is 10.2 Å². The minimum Gasteiger partial charge on any atom is -0.325 e. The minimum atomic E-state index is -4.60. The largest absolute Gasteiger partial charge is 0.416 e. The van der Waals surface area contributed by atoms with E-state index in [-0.39, 0.29) is 5.69 Å². The summed E-state index contributed by atoms with van der Waals surface area (Å²) in [5.74, 6) is -3.20. The van der Waals surface area contributed by atoms with Gasteiger partial charge in [0.25, 0.3) is 0 Å². The molecule has 3 heterocycles. The molecule has 43 heavy (non-hydrogen) atoms. The number of thiazole rings is 1. The zero-order valence-corrected chi connectivity index (χ0v) is 24.7. The molecule has 1 N–H and O–H groups in total. The average molecular weight is 665 g/mol. The molecule has 1 fully saturated rings. The fraction of sp³-hybridized carbons (Fsp3) is 0.172. The molecule has 1 saturated heterocycles. The van der Waals surface area contributed by atoms with Gasteiger partial charge < -0.3 is 5.32 Å². The Hall–Kier alpha value is -3.58. The minimum absolute atomic E-state index is 0.0843. The number of fused-ring (bicyclic) bond motifs is 2. The molecule has 2 aliphatic heterocycles. The first-order valence-electron chi connectivity index (χ1n) is 12.7. The molecular formula is C29H18Cl2F3N3O4S2. The highest BCUT2D eigenvalue weighted by Crippen LogP contribution is 2.54. The van der Waals surface area contributed by atoms with Crippen molar-refractivity contribution in [1.29, 1.82) is 0 Å². The van der Waals surface area contributed by atoms with Crippen LogP contribution in [0.3, 0.4) is 0 Å². The van der Waals surface area contributed by atoms with Crippen LogP contribution in [-0.2, 0) is 27.1 Å². The zero-order valence-electron chi connectivity index (χ0n) is 21.6. The second kappa shape index (κ2) is 11.2. The molecule has 0 radical (unpaired) electrons. The molecule has 0 aliphatic carbocycles. The molecule has 4 aromatic rings. The number of benzene rings is 3. The SMILES string of the molecule is O=C(Cn1c2c(sc1=O)C(c1ccc(Cl)cc1)C1C(=O)N(c3ccc(Cl)cc3)C(=O)C1S2)Nc1cccc(C(F)(F)F)c1. The summed E-state index contributed by atoms with van der Waals surface area (Å²) in [7, 11) is 0. The molecule has 6 rings (SSSR count). The van der Waals surface area contributed by atoms with Crippen LogP contribution in [0.2, 0.25) is 10.0 Å². The van der Waals surface area contributed by atoms with Gasteiger partial charge in [-0.1, -0.05) is 64.5 Å². The Morgan fingerprint density at radius 1 is 0.907 bits per heavy atom. The fourth-order valence-electron chi connectivity index (χ4n) is 5.25. The van der Waals surface area contributed by atoms with Crippen LogP contribution in [-0.4, -0.2) is 27.5 Å². The van der Waals surface area contributed by atoms with Gasteiger partial charge in [0, 0.05) is 26.5 Å². The number of alkyl halides is 3. The van der Waals surface area contributed by atoms with E-state index in [1.807, 2.05) is 0 Å². The number of carbonyl (C=O) groups excluding carboxylic acids is 3. The summed E-state index contributed by atoms with van der Waals surface area (Å²) in [6.45, 7) is -0.512. The van der Waals surface area contributed by atoms with E-state index in [0.29, 0.717) is 31.2 Å². The van der Waals surface area contributed by atoms with Gasteiger partial charge >= 0.3 is 11.0 Å². The van der Waals surface area contributed by atoms with E-state index in [2.05, 4.69) is 5.32 Å². The van der Waals surface area contributed by atoms with E-state index >= 15 is 0 Å². The van der Waals surface area contributed by atoms with Gasteiger partial charge in [-0.25, -0.2) is 4.90 Å². The van der Waals surface area contributed by atoms with Crippen LogP contribution in [0.1, 0.15) is 21.9 Å². The Morgan fingerprint density at radius 2 is 1.56 bits per heavy atom. The first kappa shape index (κ1) is 29.5. The average Bonchev–Trinajstić information content (AvgIpc) is 3.40. The Bertz CT molecular complexity index is 1820. The van der Waals surface area contributed by atoms with Gasteiger partial charge in [-0.15, -0.1) is 0 Å². The molecule has 0 spiro atoms. The third-order valence-corrected chi connectivity index (χ3v) is 10.2. The van der Waals surface area contributed by atoms with Crippen molar-refractivity contribution in [2.45, 2.75) is 28.9 Å².